The van der Waals surface area contributed by atoms with E-state index in [2.05, 4.69) is 39.8 Å². The van der Waals surface area contributed by atoms with Gasteiger partial charge in [-0.2, -0.15) is 0 Å². The van der Waals surface area contributed by atoms with Crippen molar-refractivity contribution in [3.63, 3.8) is 0 Å². The van der Waals surface area contributed by atoms with Gasteiger partial charge in [0.05, 0.1) is 0 Å². The van der Waals surface area contributed by atoms with Gasteiger partial charge in [0.25, 0.3) is 0 Å². The zero-order valence-corrected chi connectivity index (χ0v) is 12.2. The minimum atomic E-state index is 0.379. The van der Waals surface area contributed by atoms with Crippen molar-refractivity contribution in [2.24, 2.45) is 5.92 Å². The highest BCUT2D eigenvalue weighted by Gasteiger charge is 2.13. The first-order valence-electron chi connectivity index (χ1n) is 7.20. The molecule has 1 aliphatic rings. The number of nitrogens with zero attached hydrogens (tertiary/aromatic N) is 2. The van der Waals surface area contributed by atoms with Gasteiger partial charge in [-0.25, -0.2) is 9.97 Å². The van der Waals surface area contributed by atoms with Crippen LogP contribution in [-0.4, -0.2) is 35.6 Å². The lowest BCUT2D eigenvalue weighted by Crippen LogP contribution is -2.33. The summed E-state index contributed by atoms with van der Waals surface area (Å²) < 4.78 is 0. The van der Waals surface area contributed by atoms with Crippen molar-refractivity contribution >= 4 is 11.6 Å². The minimum absolute atomic E-state index is 0.379. The molecule has 0 radical (unpaired) electrons. The second-order valence-corrected chi connectivity index (χ2v) is 5.58. The van der Waals surface area contributed by atoms with Crippen LogP contribution >= 0.6 is 0 Å². The molecule has 1 aliphatic heterocycles. The zero-order chi connectivity index (χ0) is 13.7. The van der Waals surface area contributed by atoms with Crippen molar-refractivity contribution in [2.75, 3.05) is 30.3 Å². The molecule has 0 saturated carbocycles. The third kappa shape index (κ3) is 4.67. The molecule has 1 aromatic heterocycles. The predicted molar refractivity (Wildman–Crippen MR) is 79.6 cm³/mol. The smallest absolute Gasteiger partial charge is 0.131 e. The topological polar surface area (TPSA) is 61.9 Å². The van der Waals surface area contributed by atoms with E-state index >= 15 is 0 Å². The van der Waals surface area contributed by atoms with Crippen molar-refractivity contribution in [1.82, 2.24) is 15.3 Å². The van der Waals surface area contributed by atoms with Crippen LogP contribution in [0.15, 0.2) is 6.07 Å². The molecule has 3 N–H and O–H groups in total. The summed E-state index contributed by atoms with van der Waals surface area (Å²) in [5, 5.41) is 10.2. The number of aromatic nitrogens is 2. The average molecular weight is 263 g/mol. The van der Waals surface area contributed by atoms with Gasteiger partial charge in [0.2, 0.25) is 0 Å². The van der Waals surface area contributed by atoms with E-state index in [1.165, 1.54) is 12.8 Å². The number of anilines is 2. The number of aryl methyl sites for hydroxylation is 1. The van der Waals surface area contributed by atoms with Gasteiger partial charge in [-0.3, -0.25) is 0 Å². The molecule has 106 valence electrons. The Bertz CT molecular complexity index is 399. The van der Waals surface area contributed by atoms with Gasteiger partial charge in [0.15, 0.2) is 0 Å². The molecule has 2 heterocycles. The maximum atomic E-state index is 4.44. The maximum Gasteiger partial charge on any atom is 0.131 e. The van der Waals surface area contributed by atoms with Crippen molar-refractivity contribution in [3.8, 4) is 0 Å². The Morgan fingerprint density at radius 1 is 1.37 bits per heavy atom. The number of nitrogens with one attached hydrogen (secondary N) is 3. The molecule has 0 bridgehead atoms. The Morgan fingerprint density at radius 3 is 2.84 bits per heavy atom. The summed E-state index contributed by atoms with van der Waals surface area (Å²) in [4.78, 5) is 8.84. The highest BCUT2D eigenvalue weighted by molar-refractivity contribution is 5.47. The molecule has 1 unspecified atom stereocenters. The van der Waals surface area contributed by atoms with Gasteiger partial charge < -0.3 is 16.0 Å². The lowest BCUT2D eigenvalue weighted by molar-refractivity contribution is 0.392. The van der Waals surface area contributed by atoms with Gasteiger partial charge in [-0.15, -0.1) is 0 Å². The number of hydrogen-bond acceptors (Lipinski definition) is 5. The first-order chi connectivity index (χ1) is 9.13. The van der Waals surface area contributed by atoms with Crippen LogP contribution in [0.5, 0.6) is 0 Å². The Balaban J connectivity index is 1.93. The largest absolute Gasteiger partial charge is 0.370 e. The van der Waals surface area contributed by atoms with Crippen LogP contribution in [0.25, 0.3) is 0 Å². The molecular weight excluding hydrogens is 238 g/mol. The Morgan fingerprint density at radius 2 is 2.16 bits per heavy atom. The SMILES string of the molecule is Cc1nc(NCC2CCCNC2)cc(NC(C)C)n1. The summed E-state index contributed by atoms with van der Waals surface area (Å²) in [7, 11) is 0. The van der Waals surface area contributed by atoms with E-state index in [4.69, 9.17) is 0 Å². The molecular formula is C14H25N5. The molecule has 0 aromatic carbocycles. The Kier molecular flexibility index (Phi) is 4.96. The summed E-state index contributed by atoms with van der Waals surface area (Å²) in [6, 6.07) is 2.37. The van der Waals surface area contributed by atoms with Gasteiger partial charge >= 0.3 is 0 Å². The molecule has 1 fully saturated rings. The molecule has 2 rings (SSSR count). The molecule has 5 heteroatoms. The molecule has 0 amide bonds. The van der Waals surface area contributed by atoms with Crippen LogP contribution in [0, 0.1) is 12.8 Å². The predicted octanol–water partition coefficient (Wildman–Crippen LogP) is 2.02. The summed E-state index contributed by atoms with van der Waals surface area (Å²) >= 11 is 0. The van der Waals surface area contributed by atoms with E-state index in [0.29, 0.717) is 12.0 Å². The van der Waals surface area contributed by atoms with Crippen molar-refractivity contribution < 1.29 is 0 Å². The average Bonchev–Trinajstić information content (AvgIpc) is 2.36. The van der Waals surface area contributed by atoms with E-state index < -0.39 is 0 Å². The van der Waals surface area contributed by atoms with Crippen LogP contribution in [0.1, 0.15) is 32.5 Å². The Hall–Kier alpha value is -1.36. The van der Waals surface area contributed by atoms with E-state index in [1.807, 2.05) is 13.0 Å². The van der Waals surface area contributed by atoms with Crippen LogP contribution < -0.4 is 16.0 Å². The van der Waals surface area contributed by atoms with Crippen molar-refractivity contribution in [2.45, 2.75) is 39.7 Å². The summed E-state index contributed by atoms with van der Waals surface area (Å²) in [5.74, 6) is 3.31. The van der Waals surface area contributed by atoms with Gasteiger partial charge in [0.1, 0.15) is 17.5 Å². The first-order valence-corrected chi connectivity index (χ1v) is 7.20. The molecule has 19 heavy (non-hydrogen) atoms. The molecule has 5 nitrogen and oxygen atoms in total. The van der Waals surface area contributed by atoms with Crippen molar-refractivity contribution in [3.05, 3.63) is 11.9 Å². The first kappa shape index (κ1) is 14.1. The number of piperidine rings is 1. The fourth-order valence-corrected chi connectivity index (χ4v) is 2.38. The van der Waals surface area contributed by atoms with E-state index in [-0.39, 0.29) is 0 Å². The van der Waals surface area contributed by atoms with Crippen LogP contribution in [0.3, 0.4) is 0 Å². The lowest BCUT2D eigenvalue weighted by Gasteiger charge is -2.23. The molecule has 0 spiro atoms. The summed E-state index contributed by atoms with van der Waals surface area (Å²) in [5.41, 5.74) is 0. The highest BCUT2D eigenvalue weighted by Crippen LogP contribution is 2.14. The van der Waals surface area contributed by atoms with Gasteiger partial charge in [0, 0.05) is 18.7 Å². The molecule has 1 atom stereocenters. The standard InChI is InChI=1S/C14H25N5/c1-10(2)17-14-7-13(18-11(3)19-14)16-9-12-5-4-6-15-8-12/h7,10,12,15H,4-6,8-9H2,1-3H3,(H2,16,17,18,19). The zero-order valence-electron chi connectivity index (χ0n) is 12.2. The third-order valence-electron chi connectivity index (χ3n) is 3.25. The second-order valence-electron chi connectivity index (χ2n) is 5.58. The summed E-state index contributed by atoms with van der Waals surface area (Å²) in [6.07, 6.45) is 2.57. The molecule has 1 aromatic rings. The fraction of sp³-hybridized carbons (Fsp3) is 0.714. The van der Waals surface area contributed by atoms with E-state index in [9.17, 15) is 0 Å². The van der Waals surface area contributed by atoms with Crippen LogP contribution in [0.2, 0.25) is 0 Å². The molecule has 1 saturated heterocycles. The Labute approximate surface area is 115 Å². The van der Waals surface area contributed by atoms with E-state index in [0.717, 1.165) is 37.1 Å². The van der Waals surface area contributed by atoms with Crippen LogP contribution in [0.4, 0.5) is 11.6 Å². The fourth-order valence-electron chi connectivity index (χ4n) is 2.38. The summed E-state index contributed by atoms with van der Waals surface area (Å²) in [6.45, 7) is 9.39. The van der Waals surface area contributed by atoms with Gasteiger partial charge in [-0.1, -0.05) is 0 Å². The van der Waals surface area contributed by atoms with Crippen LogP contribution in [-0.2, 0) is 0 Å². The molecule has 0 aliphatic carbocycles. The highest BCUT2D eigenvalue weighted by atomic mass is 15.1. The maximum absolute atomic E-state index is 4.44. The normalized spacial score (nSPS) is 19.5. The van der Waals surface area contributed by atoms with Crippen molar-refractivity contribution in [1.29, 1.82) is 0 Å². The second kappa shape index (κ2) is 6.70. The van der Waals surface area contributed by atoms with E-state index in [1.54, 1.807) is 0 Å². The van der Waals surface area contributed by atoms with Gasteiger partial charge in [-0.05, 0) is 52.6 Å². The minimum Gasteiger partial charge on any atom is -0.370 e. The number of rotatable bonds is 5. The third-order valence-corrected chi connectivity index (χ3v) is 3.25. The number of hydrogen-bond donors (Lipinski definition) is 3. The monoisotopic (exact) mass is 263 g/mol. The lowest BCUT2D eigenvalue weighted by atomic mass is 10.00. The quantitative estimate of drug-likeness (QED) is 0.758.